The summed E-state index contributed by atoms with van der Waals surface area (Å²) in [5, 5.41) is 21.5. The number of carbonyl (C=O) groups is 2. The Morgan fingerprint density at radius 2 is 1.34 bits per heavy atom. The fourth-order valence-electron chi connectivity index (χ4n) is 5.52. The molecule has 1 heterocycles. The number of carbonyl (C=O) groups excluding carboxylic acids is 2. The van der Waals surface area contributed by atoms with Gasteiger partial charge in [-0.3, -0.25) is 0 Å². The lowest BCUT2D eigenvalue weighted by Crippen LogP contribution is -3.14. The minimum atomic E-state index is -2.81. The Bertz CT molecular complexity index is 1660. The van der Waals surface area contributed by atoms with Crippen LogP contribution in [0.2, 0.25) is 0 Å². The van der Waals surface area contributed by atoms with Crippen LogP contribution < -0.4 is 15.1 Å². The molecule has 2 fully saturated rings. The largest absolute Gasteiger partial charge is 0.871 e. The van der Waals surface area contributed by atoms with Crippen molar-refractivity contribution in [1.29, 1.82) is 0 Å². The third kappa shape index (κ3) is 17.4. The van der Waals surface area contributed by atoms with E-state index >= 15 is 0 Å². The maximum Gasteiger partial charge on any atom is 0.333 e. The normalized spacial score (nSPS) is 19.7. The molecule has 2 aliphatic rings. The molecular formula is C37H48F2I4NO8S-. The number of hydrogen-bond donors (Lipinski definition) is 1. The fraction of sp³-hybridized carbons (Fsp3) is 0.514. The van der Waals surface area contributed by atoms with Crippen LogP contribution >= 0.6 is 90.4 Å². The Morgan fingerprint density at radius 1 is 0.868 bits per heavy atom. The zero-order valence-electron chi connectivity index (χ0n) is 31.0. The van der Waals surface area contributed by atoms with Crippen molar-refractivity contribution in [2.24, 2.45) is 16.7 Å². The van der Waals surface area contributed by atoms with Gasteiger partial charge in [0.25, 0.3) is 0 Å². The third-order valence-electron chi connectivity index (χ3n) is 9.01. The second-order valence-electron chi connectivity index (χ2n) is 14.4. The Labute approximate surface area is 367 Å². The molecule has 0 radical (unpaired) electrons. The summed E-state index contributed by atoms with van der Waals surface area (Å²) in [7, 11) is -2.81. The van der Waals surface area contributed by atoms with Crippen LogP contribution in [-0.2, 0) is 28.9 Å². The van der Waals surface area contributed by atoms with Crippen molar-refractivity contribution in [3.05, 3.63) is 74.5 Å². The molecule has 0 aromatic heterocycles. The molecule has 2 aromatic carbocycles. The molecule has 2 aromatic rings. The van der Waals surface area contributed by atoms with Crippen molar-refractivity contribution < 1.29 is 51.4 Å². The standard InChI is InChI=1S/C15H26O2.C10H17NO4S.C6H3F2IO.C6H3I3O/c1-10(2)13(16)17-12-8-14(4,5)11(3)15(6,7)9-12;1-9(2)10(12)15-6-3-11-4-7-16(13,14)8-5-11;7-3-1-2-4(9)5(8)6(3)10;7-3-1-4(8)6(10)5(9)2-3/h11-12H,1,8-9H2,2-7H3;1,3-8H2,2H3;2*1-2,10H/p-1. The first-order valence-corrected chi connectivity index (χ1v) is 22.7. The molecule has 0 bridgehead atoms. The second-order valence-corrected chi connectivity index (χ2v) is 21.4. The third-order valence-corrected chi connectivity index (χ3v) is 13.7. The molecule has 0 atom stereocenters. The summed E-state index contributed by atoms with van der Waals surface area (Å²) >= 11 is 7.93. The molecule has 0 spiro atoms. The minimum Gasteiger partial charge on any atom is -0.871 e. The van der Waals surface area contributed by atoms with Gasteiger partial charge in [-0.1, -0.05) is 53.5 Å². The Balaban J connectivity index is 0.000000363. The van der Waals surface area contributed by atoms with E-state index in [9.17, 15) is 37.0 Å². The Morgan fingerprint density at radius 3 is 1.77 bits per heavy atom. The maximum atomic E-state index is 12.4. The van der Waals surface area contributed by atoms with Gasteiger partial charge in [-0.2, -0.15) is 0 Å². The Hall–Kier alpha value is -0.850. The van der Waals surface area contributed by atoms with Crippen molar-refractivity contribution in [3.8, 4) is 11.5 Å². The van der Waals surface area contributed by atoms with Crippen LogP contribution in [-0.4, -0.2) is 64.2 Å². The van der Waals surface area contributed by atoms with E-state index < -0.39 is 27.2 Å². The van der Waals surface area contributed by atoms with Crippen LogP contribution in [0.5, 0.6) is 11.5 Å². The molecule has 9 nitrogen and oxygen atoms in total. The van der Waals surface area contributed by atoms with Gasteiger partial charge >= 0.3 is 11.9 Å². The lowest BCUT2D eigenvalue weighted by Gasteiger charge is -2.50. The molecule has 0 amide bonds. The summed E-state index contributed by atoms with van der Waals surface area (Å²) in [5.41, 5.74) is 1.29. The molecule has 1 saturated carbocycles. The molecule has 1 N–H and O–H groups in total. The van der Waals surface area contributed by atoms with Crippen LogP contribution in [0.3, 0.4) is 0 Å². The van der Waals surface area contributed by atoms with Gasteiger partial charge in [0, 0.05) is 25.4 Å². The summed E-state index contributed by atoms with van der Waals surface area (Å²) in [6, 6.07) is 5.93. The molecule has 298 valence electrons. The first-order chi connectivity index (χ1) is 24.2. The minimum absolute atomic E-state index is 0.0281. The molecule has 16 heteroatoms. The van der Waals surface area contributed by atoms with Gasteiger partial charge in [-0.05, 0) is 164 Å². The number of ether oxygens (including phenoxy) is 2. The smallest absolute Gasteiger partial charge is 0.333 e. The van der Waals surface area contributed by atoms with Gasteiger partial charge in [0.1, 0.15) is 30.9 Å². The molecule has 1 aliphatic carbocycles. The topological polar surface area (TPSA) is 137 Å². The van der Waals surface area contributed by atoms with Crippen LogP contribution in [0, 0.1) is 42.7 Å². The number of halogens is 6. The first kappa shape index (κ1) is 50.2. The number of quaternary nitrogens is 1. The van der Waals surface area contributed by atoms with Gasteiger partial charge < -0.3 is 24.6 Å². The molecule has 53 heavy (non-hydrogen) atoms. The molecule has 4 rings (SSSR count). The van der Waals surface area contributed by atoms with Crippen molar-refractivity contribution in [2.45, 2.75) is 67.4 Å². The number of nitrogens with one attached hydrogen (secondary N) is 1. The maximum absolute atomic E-state index is 12.4. The Kier molecular flexibility index (Phi) is 21.0. The molecular weight excluding hydrogens is 1160 g/mol. The highest BCUT2D eigenvalue weighted by Crippen LogP contribution is 2.51. The number of rotatable bonds is 6. The van der Waals surface area contributed by atoms with Crippen molar-refractivity contribution in [1.82, 2.24) is 0 Å². The van der Waals surface area contributed by atoms with Crippen molar-refractivity contribution in [3.63, 3.8) is 0 Å². The van der Waals surface area contributed by atoms with E-state index in [1.54, 1.807) is 36.4 Å². The molecule has 1 aliphatic heterocycles. The van der Waals surface area contributed by atoms with Crippen LogP contribution in [0.25, 0.3) is 0 Å². The summed E-state index contributed by atoms with van der Waals surface area (Å²) in [5.74, 6) is -2.63. The van der Waals surface area contributed by atoms with E-state index in [0.717, 1.165) is 29.6 Å². The quantitative estimate of drug-likeness (QED) is 0.148. The average Bonchev–Trinajstić information content (AvgIpc) is 3.04. The van der Waals surface area contributed by atoms with Gasteiger partial charge in [-0.15, -0.1) is 0 Å². The van der Waals surface area contributed by atoms with Gasteiger partial charge in [0.2, 0.25) is 0 Å². The van der Waals surface area contributed by atoms with E-state index in [1.165, 1.54) is 11.0 Å². The highest BCUT2D eigenvalue weighted by Gasteiger charge is 2.46. The first-order valence-electron chi connectivity index (χ1n) is 16.6. The summed E-state index contributed by atoms with van der Waals surface area (Å²) < 4.78 is 60.3. The van der Waals surface area contributed by atoms with Gasteiger partial charge in [0.05, 0.1) is 24.6 Å². The number of benzene rings is 2. The van der Waals surface area contributed by atoms with Crippen molar-refractivity contribution in [2.75, 3.05) is 37.7 Å². The zero-order chi connectivity index (χ0) is 41.1. The second kappa shape index (κ2) is 22.2. The van der Waals surface area contributed by atoms with E-state index in [1.807, 2.05) is 12.1 Å². The summed E-state index contributed by atoms with van der Waals surface area (Å²) in [6.07, 6.45) is 1.91. The van der Waals surface area contributed by atoms with E-state index in [0.29, 0.717) is 43.3 Å². The fourth-order valence-corrected chi connectivity index (χ4v) is 10.9. The number of sulfone groups is 1. The van der Waals surface area contributed by atoms with E-state index in [-0.39, 0.29) is 49.7 Å². The van der Waals surface area contributed by atoms with E-state index in [4.69, 9.17) is 9.47 Å². The lowest BCUT2D eigenvalue weighted by atomic mass is 9.57. The SMILES string of the molecule is C=C(C)C(=O)OC1CC(C)(C)C(C)C(C)(C)C1.C=C(C)C(=O)OCC[NH+]1CCS(=O)(=O)CC1.[O-]c1c(F)ccc(I)c1F.[O-]c1c(I)cc(I)cc1I. The lowest BCUT2D eigenvalue weighted by molar-refractivity contribution is -0.896. The average molecular weight is 1210 g/mol. The highest BCUT2D eigenvalue weighted by molar-refractivity contribution is 14.1. The predicted octanol–water partition coefficient (Wildman–Crippen LogP) is 6.59. The van der Waals surface area contributed by atoms with Crippen LogP contribution in [0.4, 0.5) is 8.78 Å². The molecule has 1 saturated heterocycles. The van der Waals surface area contributed by atoms with Gasteiger partial charge in [0.15, 0.2) is 9.84 Å². The summed E-state index contributed by atoms with van der Waals surface area (Å²) in [4.78, 5) is 23.8. The van der Waals surface area contributed by atoms with Crippen LogP contribution in [0.15, 0.2) is 48.6 Å². The number of esters is 2. The summed E-state index contributed by atoms with van der Waals surface area (Å²) in [6.45, 7) is 24.0. The highest BCUT2D eigenvalue weighted by atomic mass is 127. The zero-order valence-corrected chi connectivity index (χ0v) is 40.4. The number of hydrogen-bond acceptors (Lipinski definition) is 8. The monoisotopic (exact) mass is 1210 g/mol. The van der Waals surface area contributed by atoms with Gasteiger partial charge in [-0.25, -0.2) is 26.8 Å². The van der Waals surface area contributed by atoms with E-state index in [2.05, 4.69) is 116 Å². The van der Waals surface area contributed by atoms with Crippen molar-refractivity contribution >= 4 is 112 Å². The van der Waals surface area contributed by atoms with Crippen LogP contribution in [0.1, 0.15) is 61.3 Å². The predicted molar refractivity (Wildman–Crippen MR) is 233 cm³/mol. The molecule has 0 unspecified atom stereocenters.